The summed E-state index contributed by atoms with van der Waals surface area (Å²) in [4.78, 5) is 68.2. The Hall–Kier alpha value is -3.42. The molecule has 0 aromatic heterocycles. The first-order chi connectivity index (χ1) is 19.4. The highest BCUT2D eigenvalue weighted by atomic mass is 32.2. The van der Waals surface area contributed by atoms with Gasteiger partial charge >= 0.3 is 23.9 Å². The van der Waals surface area contributed by atoms with E-state index >= 15 is 0 Å². The van der Waals surface area contributed by atoms with Gasteiger partial charge in [-0.05, 0) is 32.9 Å². The number of esters is 4. The van der Waals surface area contributed by atoms with Crippen LogP contribution in [-0.4, -0.2) is 67.8 Å². The van der Waals surface area contributed by atoms with Gasteiger partial charge < -0.3 is 18.9 Å². The van der Waals surface area contributed by atoms with Gasteiger partial charge in [-0.1, -0.05) is 59.6 Å². The number of methoxy groups -OCH3 is 4. The van der Waals surface area contributed by atoms with Crippen LogP contribution in [0.4, 0.5) is 5.69 Å². The number of rotatable bonds is 5. The molecule has 216 valence electrons. The molecule has 1 spiro atoms. The number of benzene rings is 1. The molecule has 0 radical (unpaired) electrons. The van der Waals surface area contributed by atoms with E-state index in [1.54, 1.807) is 42.2 Å². The highest BCUT2D eigenvalue weighted by molar-refractivity contribution is 8.26. The lowest BCUT2D eigenvalue weighted by Gasteiger charge is -2.50. The van der Waals surface area contributed by atoms with Crippen molar-refractivity contribution in [1.29, 1.82) is 0 Å². The molecule has 0 fully saturated rings. The monoisotopic (exact) mass is 617 g/mol. The van der Waals surface area contributed by atoms with Gasteiger partial charge in [0.25, 0.3) is 5.91 Å². The maximum Gasteiger partial charge on any atom is 0.345 e. The van der Waals surface area contributed by atoms with Crippen molar-refractivity contribution in [3.8, 4) is 0 Å². The summed E-state index contributed by atoms with van der Waals surface area (Å²) in [5, 5.41) is 0. The van der Waals surface area contributed by atoms with Gasteiger partial charge in [0.1, 0.15) is 18.8 Å². The highest BCUT2D eigenvalue weighted by Gasteiger charge is 2.61. The van der Waals surface area contributed by atoms with Crippen LogP contribution in [0.25, 0.3) is 5.57 Å². The number of amides is 1. The quantitative estimate of drug-likeness (QED) is 0.267. The van der Waals surface area contributed by atoms with Gasteiger partial charge in [-0.3, -0.25) is 9.69 Å². The number of hydrogen-bond donors (Lipinski definition) is 0. The molecule has 41 heavy (non-hydrogen) atoms. The predicted octanol–water partition coefficient (Wildman–Crippen LogP) is 4.18. The first-order valence-corrected chi connectivity index (χ1v) is 14.6. The van der Waals surface area contributed by atoms with Gasteiger partial charge in [-0.15, -0.1) is 0 Å². The largest absolute Gasteiger partial charge is 0.466 e. The Morgan fingerprint density at radius 2 is 1.29 bits per heavy atom. The van der Waals surface area contributed by atoms with Crippen LogP contribution < -0.4 is 4.90 Å². The number of ether oxygens (including phenoxy) is 4. The normalized spacial score (nSPS) is 18.8. The van der Waals surface area contributed by atoms with Crippen molar-refractivity contribution in [3.63, 3.8) is 0 Å². The third kappa shape index (κ3) is 4.69. The second kappa shape index (κ2) is 11.5. The number of allylic oxidation sites excluding steroid dienone is 1. The Morgan fingerprint density at radius 1 is 0.780 bits per heavy atom. The van der Waals surface area contributed by atoms with Crippen molar-refractivity contribution in [2.75, 3.05) is 33.3 Å². The Labute approximate surface area is 249 Å². The number of nitrogens with zero attached hydrogens (tertiary/aromatic N) is 1. The Balaban J connectivity index is 2.16. The van der Waals surface area contributed by atoms with Crippen LogP contribution in [-0.2, 0) is 42.9 Å². The molecular weight excluding hydrogens is 591 g/mol. The number of thioether (sulfide) groups is 3. The molecule has 3 heterocycles. The SMILES string of the molecule is C/C=C\C(=O)N1c2ccccc2C2=C(SC(C(=O)OC)=C(C(=O)OC)C23SC(C(=O)OC)=C(C(=O)OC)S3)C1(C)C. The van der Waals surface area contributed by atoms with E-state index in [1.807, 2.05) is 13.8 Å². The van der Waals surface area contributed by atoms with E-state index in [0.29, 0.717) is 21.7 Å². The lowest BCUT2D eigenvalue weighted by atomic mass is 9.83. The molecule has 3 aliphatic heterocycles. The molecule has 1 aromatic rings. The Kier molecular flexibility index (Phi) is 8.53. The molecule has 0 aliphatic carbocycles. The third-order valence-electron chi connectivity index (χ3n) is 6.57. The first-order valence-electron chi connectivity index (χ1n) is 12.1. The van der Waals surface area contributed by atoms with E-state index in [2.05, 4.69) is 0 Å². The number of anilines is 1. The molecule has 0 saturated heterocycles. The molecule has 4 rings (SSSR count). The molecule has 0 N–H and O–H groups in total. The minimum absolute atomic E-state index is 0.0979. The van der Waals surface area contributed by atoms with E-state index in [4.69, 9.17) is 18.9 Å². The minimum atomic E-state index is -1.60. The van der Waals surface area contributed by atoms with Crippen molar-refractivity contribution in [2.24, 2.45) is 0 Å². The van der Waals surface area contributed by atoms with Gasteiger partial charge in [0.05, 0.1) is 45.2 Å². The lowest BCUT2D eigenvalue weighted by molar-refractivity contribution is -0.138. The molecule has 3 aliphatic rings. The summed E-state index contributed by atoms with van der Waals surface area (Å²) in [5.41, 5.74) is 0.436. The smallest absolute Gasteiger partial charge is 0.345 e. The minimum Gasteiger partial charge on any atom is -0.466 e. The van der Waals surface area contributed by atoms with E-state index < -0.39 is 33.5 Å². The molecule has 0 unspecified atom stereocenters. The number of hydrogen-bond acceptors (Lipinski definition) is 12. The predicted molar refractivity (Wildman–Crippen MR) is 157 cm³/mol. The zero-order valence-electron chi connectivity index (χ0n) is 23.3. The number of fused-ring (bicyclic) bond motifs is 3. The summed E-state index contributed by atoms with van der Waals surface area (Å²) < 4.78 is 18.6. The summed E-state index contributed by atoms with van der Waals surface area (Å²) in [5.74, 6) is -3.63. The molecule has 13 heteroatoms. The fraction of sp³-hybridized carbons (Fsp3) is 0.321. The zero-order chi connectivity index (χ0) is 30.3. The third-order valence-corrected chi connectivity index (χ3v) is 11.2. The summed E-state index contributed by atoms with van der Waals surface area (Å²) in [6.07, 6.45) is 3.07. The van der Waals surface area contributed by atoms with Gasteiger partial charge in [-0.25, -0.2) is 19.2 Å². The second-order valence-corrected chi connectivity index (χ2v) is 12.9. The Bertz CT molecular complexity index is 1470. The Morgan fingerprint density at radius 3 is 1.80 bits per heavy atom. The molecule has 10 nitrogen and oxygen atoms in total. The average molecular weight is 618 g/mol. The molecule has 1 amide bonds. The van der Waals surface area contributed by atoms with E-state index in [9.17, 15) is 24.0 Å². The van der Waals surface area contributed by atoms with E-state index in [0.717, 1.165) is 35.3 Å². The van der Waals surface area contributed by atoms with Crippen molar-refractivity contribution in [2.45, 2.75) is 30.4 Å². The van der Waals surface area contributed by atoms with Gasteiger partial charge in [0.2, 0.25) is 0 Å². The highest BCUT2D eigenvalue weighted by Crippen LogP contribution is 2.71. The maximum atomic E-state index is 13.6. The van der Waals surface area contributed by atoms with Gasteiger partial charge in [-0.2, -0.15) is 0 Å². The van der Waals surface area contributed by atoms with Gasteiger partial charge in [0, 0.05) is 16.0 Å². The number of carbonyl (C=O) groups excluding carboxylic acids is 5. The first kappa shape index (κ1) is 30.5. The standard InChI is InChI=1S/C28H27NO9S3/c1-8-11-16(30)29-15-13-10-9-12-14(15)17-22(27(29,2)3)39-19(24(32)36-5)18(23(31)35-4)28(17)40-20(25(33)37-6)21(41-28)26(34)38-7/h8-13H,1-7H3/b11-8-. The van der Waals surface area contributed by atoms with E-state index in [-0.39, 0.29) is 26.2 Å². The molecule has 1 aromatic carbocycles. The van der Waals surface area contributed by atoms with Gasteiger partial charge in [0.15, 0.2) is 0 Å². The topological polar surface area (TPSA) is 126 Å². The van der Waals surface area contributed by atoms with Crippen LogP contribution in [0.1, 0.15) is 26.3 Å². The molecule has 0 atom stereocenters. The van der Waals surface area contributed by atoms with Crippen LogP contribution in [0, 0.1) is 0 Å². The fourth-order valence-corrected chi connectivity index (χ4v) is 9.93. The van der Waals surface area contributed by atoms with Crippen molar-refractivity contribution in [3.05, 3.63) is 67.2 Å². The van der Waals surface area contributed by atoms with Crippen LogP contribution >= 0.6 is 35.3 Å². The maximum absolute atomic E-state index is 13.6. The van der Waals surface area contributed by atoms with Crippen LogP contribution in [0.2, 0.25) is 0 Å². The van der Waals surface area contributed by atoms with Crippen LogP contribution in [0.3, 0.4) is 0 Å². The number of para-hydroxylation sites is 1. The zero-order valence-corrected chi connectivity index (χ0v) is 25.8. The molecule has 0 saturated carbocycles. The summed E-state index contributed by atoms with van der Waals surface area (Å²) in [6, 6.07) is 7.11. The summed E-state index contributed by atoms with van der Waals surface area (Å²) >= 11 is 2.76. The number of carbonyl (C=O) groups is 5. The molecule has 0 bridgehead atoms. The summed E-state index contributed by atoms with van der Waals surface area (Å²) in [7, 11) is 4.69. The molecular formula is C28H27NO9S3. The van der Waals surface area contributed by atoms with Crippen molar-refractivity contribution < 1.29 is 42.9 Å². The summed E-state index contributed by atoms with van der Waals surface area (Å²) in [6.45, 7) is 5.37. The lowest BCUT2D eigenvalue weighted by Crippen LogP contribution is -2.53. The fourth-order valence-electron chi connectivity index (χ4n) is 4.88. The van der Waals surface area contributed by atoms with Crippen molar-refractivity contribution >= 4 is 76.3 Å². The van der Waals surface area contributed by atoms with Crippen molar-refractivity contribution in [1.82, 2.24) is 0 Å². The second-order valence-electron chi connectivity index (χ2n) is 9.21. The van der Waals surface area contributed by atoms with Crippen LogP contribution in [0.5, 0.6) is 0 Å². The van der Waals surface area contributed by atoms with E-state index in [1.165, 1.54) is 34.5 Å². The van der Waals surface area contributed by atoms with Crippen LogP contribution in [0.15, 0.2) is 61.6 Å². The average Bonchev–Trinajstić information content (AvgIpc) is 3.35.